The first-order chi connectivity index (χ1) is 7.04. The Morgan fingerprint density at radius 2 is 2.33 bits per heavy atom. The van der Waals surface area contributed by atoms with Crippen LogP contribution in [0.5, 0.6) is 0 Å². The van der Waals surface area contributed by atoms with Gasteiger partial charge >= 0.3 is 5.97 Å². The molecule has 15 heavy (non-hydrogen) atoms. The fourth-order valence-electron chi connectivity index (χ4n) is 1.22. The summed E-state index contributed by atoms with van der Waals surface area (Å²) in [5.74, 6) is -0.948. The lowest BCUT2D eigenvalue weighted by Crippen LogP contribution is -2.25. The van der Waals surface area contributed by atoms with Crippen LogP contribution in [0.2, 0.25) is 5.02 Å². The molecule has 0 spiro atoms. The number of nitrogens with zero attached hydrogens (tertiary/aromatic N) is 2. The van der Waals surface area contributed by atoms with E-state index >= 15 is 0 Å². The van der Waals surface area contributed by atoms with Crippen molar-refractivity contribution in [3.63, 3.8) is 0 Å². The van der Waals surface area contributed by atoms with Crippen molar-refractivity contribution >= 4 is 23.3 Å². The summed E-state index contributed by atoms with van der Waals surface area (Å²) in [6.07, 6.45) is 0. The van der Waals surface area contributed by atoms with E-state index < -0.39 is 5.97 Å². The van der Waals surface area contributed by atoms with E-state index in [2.05, 4.69) is 0 Å². The smallest absolute Gasteiger partial charge is 0.323 e. The van der Waals surface area contributed by atoms with Crippen molar-refractivity contribution in [2.45, 2.75) is 0 Å². The average Bonchev–Trinajstić information content (AvgIpc) is 2.16. The maximum atomic E-state index is 10.5. The first-order valence-corrected chi connectivity index (χ1v) is 4.55. The zero-order chi connectivity index (χ0) is 11.4. The molecule has 0 heterocycles. The van der Waals surface area contributed by atoms with E-state index in [1.54, 1.807) is 19.2 Å². The first kappa shape index (κ1) is 11.3. The highest BCUT2D eigenvalue weighted by Gasteiger charge is 2.10. The number of carbonyl (C=O) groups is 1. The predicted molar refractivity (Wildman–Crippen MR) is 57.1 cm³/mol. The Morgan fingerprint density at radius 3 is 2.87 bits per heavy atom. The Bertz CT molecular complexity index is 426. The summed E-state index contributed by atoms with van der Waals surface area (Å²) in [6, 6.07) is 6.73. The van der Waals surface area contributed by atoms with Gasteiger partial charge in [0.25, 0.3) is 0 Å². The molecule has 0 fully saturated rings. The van der Waals surface area contributed by atoms with Crippen LogP contribution >= 0.6 is 11.6 Å². The summed E-state index contributed by atoms with van der Waals surface area (Å²) in [4.78, 5) is 12.0. The molecule has 1 rings (SSSR count). The van der Waals surface area contributed by atoms with E-state index in [0.717, 1.165) is 0 Å². The van der Waals surface area contributed by atoms with Crippen molar-refractivity contribution in [3.8, 4) is 6.07 Å². The molecule has 0 atom stereocenters. The van der Waals surface area contributed by atoms with Crippen molar-refractivity contribution in [2.75, 3.05) is 18.5 Å². The number of anilines is 1. The van der Waals surface area contributed by atoms with Gasteiger partial charge in [-0.25, -0.2) is 0 Å². The number of carboxylic acid groups (broad SMARTS) is 1. The largest absolute Gasteiger partial charge is 0.480 e. The third-order valence-corrected chi connectivity index (χ3v) is 2.10. The second kappa shape index (κ2) is 4.67. The SMILES string of the molecule is CN(CC(=O)O)c1ccc(Cl)cc1C#N. The molecular weight excluding hydrogens is 216 g/mol. The fraction of sp³-hybridized carbons (Fsp3) is 0.200. The molecule has 1 N–H and O–H groups in total. The highest BCUT2D eigenvalue weighted by atomic mass is 35.5. The van der Waals surface area contributed by atoms with Crippen LogP contribution < -0.4 is 4.90 Å². The number of rotatable bonds is 3. The number of halogens is 1. The Morgan fingerprint density at radius 1 is 1.67 bits per heavy atom. The second-order valence-corrected chi connectivity index (χ2v) is 3.46. The summed E-state index contributed by atoms with van der Waals surface area (Å²) in [6.45, 7) is -0.156. The molecule has 4 nitrogen and oxygen atoms in total. The van der Waals surface area contributed by atoms with Crippen molar-refractivity contribution in [2.24, 2.45) is 0 Å². The Kier molecular flexibility index (Phi) is 3.53. The predicted octanol–water partition coefficient (Wildman–Crippen LogP) is 1.73. The highest BCUT2D eigenvalue weighted by Crippen LogP contribution is 2.22. The molecule has 0 saturated heterocycles. The van der Waals surface area contributed by atoms with Gasteiger partial charge in [-0.2, -0.15) is 5.26 Å². The first-order valence-electron chi connectivity index (χ1n) is 4.17. The van der Waals surface area contributed by atoms with Crippen molar-refractivity contribution < 1.29 is 9.90 Å². The van der Waals surface area contributed by atoms with Crippen LogP contribution in [-0.4, -0.2) is 24.7 Å². The van der Waals surface area contributed by atoms with Gasteiger partial charge in [-0.1, -0.05) is 11.6 Å². The van der Waals surface area contributed by atoms with Gasteiger partial charge in [-0.3, -0.25) is 4.79 Å². The minimum absolute atomic E-state index is 0.156. The van der Waals surface area contributed by atoms with Gasteiger partial charge in [-0.15, -0.1) is 0 Å². The molecule has 0 aliphatic carbocycles. The van der Waals surface area contributed by atoms with Crippen molar-refractivity contribution in [3.05, 3.63) is 28.8 Å². The van der Waals surface area contributed by atoms with E-state index in [-0.39, 0.29) is 6.54 Å². The van der Waals surface area contributed by atoms with Crippen molar-refractivity contribution in [1.82, 2.24) is 0 Å². The number of benzene rings is 1. The number of likely N-dealkylation sites (N-methyl/N-ethyl adjacent to an activating group) is 1. The number of hydrogen-bond donors (Lipinski definition) is 1. The molecule has 0 aliphatic rings. The van der Waals surface area contributed by atoms with E-state index in [4.69, 9.17) is 22.0 Å². The second-order valence-electron chi connectivity index (χ2n) is 3.02. The lowest BCUT2D eigenvalue weighted by atomic mass is 10.2. The van der Waals surface area contributed by atoms with Crippen molar-refractivity contribution in [1.29, 1.82) is 5.26 Å². The molecule has 0 saturated carbocycles. The van der Waals surface area contributed by atoms with Crippen LogP contribution in [0.1, 0.15) is 5.56 Å². The maximum Gasteiger partial charge on any atom is 0.323 e. The van der Waals surface area contributed by atoms with Crippen LogP contribution in [0.25, 0.3) is 0 Å². The van der Waals surface area contributed by atoms with Crippen LogP contribution in [0, 0.1) is 11.3 Å². The number of hydrogen-bond acceptors (Lipinski definition) is 3. The minimum Gasteiger partial charge on any atom is -0.480 e. The zero-order valence-electron chi connectivity index (χ0n) is 8.07. The normalized spacial score (nSPS) is 9.40. The zero-order valence-corrected chi connectivity index (χ0v) is 8.82. The highest BCUT2D eigenvalue weighted by molar-refractivity contribution is 6.30. The summed E-state index contributed by atoms with van der Waals surface area (Å²) < 4.78 is 0. The minimum atomic E-state index is -0.948. The quantitative estimate of drug-likeness (QED) is 0.849. The number of nitriles is 1. The standard InChI is InChI=1S/C10H9ClN2O2/c1-13(6-10(14)15)9-3-2-8(11)4-7(9)5-12/h2-4H,6H2,1H3,(H,14,15). The van der Waals surface area contributed by atoms with Crippen LogP contribution in [0.15, 0.2) is 18.2 Å². The molecule has 0 aromatic heterocycles. The average molecular weight is 225 g/mol. The van der Waals surface area contributed by atoms with Gasteiger partial charge in [-0.05, 0) is 18.2 Å². The lowest BCUT2D eigenvalue weighted by molar-refractivity contribution is -0.135. The summed E-state index contributed by atoms with van der Waals surface area (Å²) in [7, 11) is 1.61. The topological polar surface area (TPSA) is 64.3 Å². The Balaban J connectivity index is 3.04. The molecule has 5 heteroatoms. The molecule has 0 unspecified atom stereocenters. The summed E-state index contributed by atoms with van der Waals surface area (Å²) >= 11 is 5.72. The Hall–Kier alpha value is -1.73. The third kappa shape index (κ3) is 2.86. The lowest BCUT2D eigenvalue weighted by Gasteiger charge is -2.17. The monoisotopic (exact) mass is 224 g/mol. The van der Waals surface area contributed by atoms with Gasteiger partial charge in [0.15, 0.2) is 0 Å². The van der Waals surface area contributed by atoms with Crippen LogP contribution in [0.4, 0.5) is 5.69 Å². The molecular formula is C10H9ClN2O2. The molecule has 0 radical (unpaired) electrons. The third-order valence-electron chi connectivity index (χ3n) is 1.86. The van der Waals surface area contributed by atoms with E-state index in [1.807, 2.05) is 6.07 Å². The van der Waals surface area contributed by atoms with E-state index in [1.165, 1.54) is 11.0 Å². The number of aliphatic carboxylic acids is 1. The Labute approximate surface area is 92.3 Å². The van der Waals surface area contributed by atoms with Crippen LogP contribution in [-0.2, 0) is 4.79 Å². The van der Waals surface area contributed by atoms with Gasteiger partial charge in [0.1, 0.15) is 12.6 Å². The molecule has 0 aliphatic heterocycles. The fourth-order valence-corrected chi connectivity index (χ4v) is 1.39. The molecule has 0 amide bonds. The summed E-state index contributed by atoms with van der Waals surface area (Å²) in [5.41, 5.74) is 0.926. The number of carboxylic acids is 1. The van der Waals surface area contributed by atoms with Crippen LogP contribution in [0.3, 0.4) is 0 Å². The van der Waals surface area contributed by atoms with Gasteiger partial charge in [0.05, 0.1) is 11.3 Å². The maximum absolute atomic E-state index is 10.5. The molecule has 0 bridgehead atoms. The molecule has 78 valence electrons. The molecule has 1 aromatic carbocycles. The van der Waals surface area contributed by atoms with Gasteiger partial charge in [0, 0.05) is 12.1 Å². The van der Waals surface area contributed by atoms with Gasteiger partial charge < -0.3 is 10.0 Å². The summed E-state index contributed by atoms with van der Waals surface area (Å²) in [5, 5.41) is 17.9. The van der Waals surface area contributed by atoms with Gasteiger partial charge in [0.2, 0.25) is 0 Å². The van der Waals surface area contributed by atoms with E-state index in [0.29, 0.717) is 16.3 Å². The van der Waals surface area contributed by atoms with E-state index in [9.17, 15) is 4.79 Å². The molecule has 1 aromatic rings.